The number of carbonyl (C=O) groups excluding carboxylic acids is 1. The SMILES string of the molecule is Cc1cccc(COc2cc(F)cc(C=O)c2)n1. The molecule has 0 radical (unpaired) electrons. The van der Waals surface area contributed by atoms with Crippen LogP contribution >= 0.6 is 0 Å². The van der Waals surface area contributed by atoms with Gasteiger partial charge in [-0.3, -0.25) is 9.78 Å². The molecule has 0 bridgehead atoms. The van der Waals surface area contributed by atoms with E-state index in [4.69, 9.17) is 4.74 Å². The lowest BCUT2D eigenvalue weighted by molar-refractivity contribution is 0.112. The molecular weight excluding hydrogens is 233 g/mol. The predicted octanol–water partition coefficient (Wildman–Crippen LogP) is 2.92. The van der Waals surface area contributed by atoms with Gasteiger partial charge in [-0.2, -0.15) is 0 Å². The maximum atomic E-state index is 13.2. The molecule has 0 fully saturated rings. The van der Waals surface area contributed by atoms with Crippen LogP contribution in [-0.4, -0.2) is 11.3 Å². The summed E-state index contributed by atoms with van der Waals surface area (Å²) in [4.78, 5) is 14.9. The van der Waals surface area contributed by atoms with Crippen LogP contribution in [0.15, 0.2) is 36.4 Å². The van der Waals surface area contributed by atoms with Crippen molar-refractivity contribution < 1.29 is 13.9 Å². The molecule has 0 spiro atoms. The standard InChI is InChI=1S/C14H12FNO2/c1-10-3-2-4-13(16-10)9-18-14-6-11(8-17)5-12(15)7-14/h2-8H,9H2,1H3. The van der Waals surface area contributed by atoms with E-state index in [1.807, 2.05) is 25.1 Å². The Kier molecular flexibility index (Phi) is 3.67. The van der Waals surface area contributed by atoms with E-state index < -0.39 is 5.82 Å². The third-order valence-electron chi connectivity index (χ3n) is 2.36. The molecular formula is C14H12FNO2. The van der Waals surface area contributed by atoms with Gasteiger partial charge in [0.2, 0.25) is 0 Å². The zero-order valence-corrected chi connectivity index (χ0v) is 9.89. The van der Waals surface area contributed by atoms with Crippen molar-refractivity contribution in [1.82, 2.24) is 4.98 Å². The van der Waals surface area contributed by atoms with Crippen LogP contribution in [0.3, 0.4) is 0 Å². The van der Waals surface area contributed by atoms with E-state index >= 15 is 0 Å². The monoisotopic (exact) mass is 245 g/mol. The first kappa shape index (κ1) is 12.2. The third kappa shape index (κ3) is 3.13. The van der Waals surface area contributed by atoms with Gasteiger partial charge in [-0.15, -0.1) is 0 Å². The minimum absolute atomic E-state index is 0.240. The molecule has 2 aromatic rings. The molecule has 1 heterocycles. The number of aromatic nitrogens is 1. The summed E-state index contributed by atoms with van der Waals surface area (Å²) in [6, 6.07) is 9.48. The number of nitrogens with zero attached hydrogens (tertiary/aromatic N) is 1. The van der Waals surface area contributed by atoms with Crippen LogP contribution in [0.25, 0.3) is 0 Å². The van der Waals surface area contributed by atoms with Gasteiger partial charge in [0.1, 0.15) is 24.5 Å². The highest BCUT2D eigenvalue weighted by atomic mass is 19.1. The van der Waals surface area contributed by atoms with E-state index in [2.05, 4.69) is 4.98 Å². The normalized spacial score (nSPS) is 10.1. The van der Waals surface area contributed by atoms with Crippen LogP contribution in [0.4, 0.5) is 4.39 Å². The van der Waals surface area contributed by atoms with Crippen molar-refractivity contribution in [3.05, 3.63) is 59.2 Å². The highest BCUT2D eigenvalue weighted by Crippen LogP contribution is 2.16. The Labute approximate surface area is 104 Å². The molecule has 0 aliphatic rings. The van der Waals surface area contributed by atoms with Gasteiger partial charge in [0.05, 0.1) is 5.69 Å². The van der Waals surface area contributed by atoms with Gasteiger partial charge >= 0.3 is 0 Å². The fraction of sp³-hybridized carbons (Fsp3) is 0.143. The number of halogens is 1. The first-order valence-corrected chi connectivity index (χ1v) is 5.48. The van der Waals surface area contributed by atoms with Gasteiger partial charge in [-0.1, -0.05) is 6.07 Å². The summed E-state index contributed by atoms with van der Waals surface area (Å²) in [6.45, 7) is 2.12. The van der Waals surface area contributed by atoms with Crippen LogP contribution in [0.1, 0.15) is 21.7 Å². The summed E-state index contributed by atoms with van der Waals surface area (Å²) in [5.41, 5.74) is 1.90. The number of hydrogen-bond donors (Lipinski definition) is 0. The largest absolute Gasteiger partial charge is 0.487 e. The van der Waals surface area contributed by atoms with E-state index in [0.29, 0.717) is 12.0 Å². The number of carbonyl (C=O) groups is 1. The summed E-state index contributed by atoms with van der Waals surface area (Å²) in [6.07, 6.45) is 0.584. The van der Waals surface area contributed by atoms with Crippen molar-refractivity contribution in [2.45, 2.75) is 13.5 Å². The number of aldehydes is 1. The number of ether oxygens (including phenoxy) is 1. The number of rotatable bonds is 4. The Morgan fingerprint density at radius 3 is 2.89 bits per heavy atom. The number of hydrogen-bond acceptors (Lipinski definition) is 3. The zero-order chi connectivity index (χ0) is 13.0. The molecule has 0 aliphatic carbocycles. The molecule has 2 rings (SSSR count). The maximum Gasteiger partial charge on any atom is 0.150 e. The molecule has 18 heavy (non-hydrogen) atoms. The number of pyridine rings is 1. The fourth-order valence-electron chi connectivity index (χ4n) is 1.57. The smallest absolute Gasteiger partial charge is 0.150 e. The summed E-state index contributed by atoms with van der Waals surface area (Å²) >= 11 is 0. The lowest BCUT2D eigenvalue weighted by atomic mass is 10.2. The van der Waals surface area contributed by atoms with Gasteiger partial charge in [0, 0.05) is 17.3 Å². The van der Waals surface area contributed by atoms with Crippen LogP contribution in [0.5, 0.6) is 5.75 Å². The van der Waals surface area contributed by atoms with Gasteiger partial charge < -0.3 is 4.74 Å². The van der Waals surface area contributed by atoms with Crippen LogP contribution < -0.4 is 4.74 Å². The molecule has 0 unspecified atom stereocenters. The molecule has 3 nitrogen and oxygen atoms in total. The average molecular weight is 245 g/mol. The van der Waals surface area contributed by atoms with Crippen molar-refractivity contribution >= 4 is 6.29 Å². The first-order valence-electron chi connectivity index (χ1n) is 5.48. The van der Waals surface area contributed by atoms with Crippen LogP contribution in [0, 0.1) is 12.7 Å². The molecule has 92 valence electrons. The fourth-order valence-corrected chi connectivity index (χ4v) is 1.57. The van der Waals surface area contributed by atoms with E-state index in [0.717, 1.165) is 17.5 Å². The van der Waals surface area contributed by atoms with Gasteiger partial charge in [-0.05, 0) is 31.2 Å². The van der Waals surface area contributed by atoms with E-state index in [9.17, 15) is 9.18 Å². The molecule has 1 aromatic heterocycles. The Hall–Kier alpha value is -2.23. The summed E-state index contributed by atoms with van der Waals surface area (Å²) in [5.74, 6) is -0.174. The average Bonchev–Trinajstić information content (AvgIpc) is 2.36. The van der Waals surface area contributed by atoms with Crippen molar-refractivity contribution in [2.75, 3.05) is 0 Å². The second-order valence-corrected chi connectivity index (χ2v) is 3.90. The van der Waals surface area contributed by atoms with Crippen LogP contribution in [0.2, 0.25) is 0 Å². The summed E-state index contributed by atoms with van der Waals surface area (Å²) in [7, 11) is 0. The van der Waals surface area contributed by atoms with Crippen molar-refractivity contribution in [3.8, 4) is 5.75 Å². The molecule has 0 aliphatic heterocycles. The van der Waals surface area contributed by atoms with Crippen molar-refractivity contribution in [3.63, 3.8) is 0 Å². The lowest BCUT2D eigenvalue weighted by Gasteiger charge is -2.07. The van der Waals surface area contributed by atoms with Crippen molar-refractivity contribution in [2.24, 2.45) is 0 Å². The maximum absolute atomic E-state index is 13.2. The quantitative estimate of drug-likeness (QED) is 0.777. The molecule has 0 saturated heterocycles. The zero-order valence-electron chi connectivity index (χ0n) is 9.89. The number of benzene rings is 1. The van der Waals surface area contributed by atoms with Gasteiger partial charge in [0.25, 0.3) is 0 Å². The van der Waals surface area contributed by atoms with Gasteiger partial charge in [0.15, 0.2) is 0 Å². The van der Waals surface area contributed by atoms with Crippen molar-refractivity contribution in [1.29, 1.82) is 0 Å². The molecule has 0 amide bonds. The Balaban J connectivity index is 2.10. The topological polar surface area (TPSA) is 39.2 Å². The number of aryl methyl sites for hydroxylation is 1. The van der Waals surface area contributed by atoms with E-state index in [1.54, 1.807) is 0 Å². The minimum Gasteiger partial charge on any atom is -0.487 e. The predicted molar refractivity (Wildman–Crippen MR) is 65.1 cm³/mol. The Morgan fingerprint density at radius 2 is 2.17 bits per heavy atom. The van der Waals surface area contributed by atoms with Crippen LogP contribution in [-0.2, 0) is 6.61 Å². The molecule has 0 N–H and O–H groups in total. The first-order chi connectivity index (χ1) is 8.67. The highest BCUT2D eigenvalue weighted by Gasteiger charge is 2.02. The molecule has 0 saturated carbocycles. The van der Waals surface area contributed by atoms with E-state index in [1.165, 1.54) is 12.1 Å². The summed E-state index contributed by atoms with van der Waals surface area (Å²) < 4.78 is 18.6. The Morgan fingerprint density at radius 1 is 1.33 bits per heavy atom. The highest BCUT2D eigenvalue weighted by molar-refractivity contribution is 5.75. The second kappa shape index (κ2) is 5.40. The third-order valence-corrected chi connectivity index (χ3v) is 2.36. The van der Waals surface area contributed by atoms with Gasteiger partial charge in [-0.25, -0.2) is 4.39 Å². The molecule has 4 heteroatoms. The molecule has 0 atom stereocenters. The second-order valence-electron chi connectivity index (χ2n) is 3.90. The minimum atomic E-state index is -0.494. The van der Waals surface area contributed by atoms with E-state index in [-0.39, 0.29) is 12.2 Å². The summed E-state index contributed by atoms with van der Waals surface area (Å²) in [5, 5.41) is 0. The molecule has 1 aromatic carbocycles. The lowest BCUT2D eigenvalue weighted by Crippen LogP contribution is -2.00. The Bertz CT molecular complexity index is 569.